The highest BCUT2D eigenvalue weighted by Crippen LogP contribution is 2.44. The molecule has 110 valence electrons. The average Bonchev–Trinajstić information content (AvgIpc) is 2.72. The largest absolute Gasteiger partial charge is 0.480 e. The molecule has 0 heterocycles. The highest BCUT2D eigenvalue weighted by molar-refractivity contribution is 5.81. The fourth-order valence-electron chi connectivity index (χ4n) is 2.83. The Labute approximate surface area is 114 Å². The van der Waals surface area contributed by atoms with Crippen LogP contribution in [-0.2, 0) is 9.53 Å². The smallest absolute Gasteiger partial charge is 0.408 e. The Hall–Kier alpha value is -1.26. The van der Waals surface area contributed by atoms with Crippen LogP contribution in [-0.4, -0.2) is 28.8 Å². The van der Waals surface area contributed by atoms with Gasteiger partial charge in [-0.25, -0.2) is 9.59 Å². The summed E-state index contributed by atoms with van der Waals surface area (Å²) in [6, 6.07) is -0.866. The summed E-state index contributed by atoms with van der Waals surface area (Å²) in [4.78, 5) is 23.3. The van der Waals surface area contributed by atoms with Crippen LogP contribution in [0.25, 0.3) is 0 Å². The van der Waals surface area contributed by atoms with Gasteiger partial charge in [-0.15, -0.1) is 0 Å². The molecule has 0 spiro atoms. The molecule has 1 saturated carbocycles. The van der Waals surface area contributed by atoms with Crippen LogP contribution in [0.4, 0.5) is 4.79 Å². The Morgan fingerprint density at radius 3 is 2.21 bits per heavy atom. The van der Waals surface area contributed by atoms with Crippen molar-refractivity contribution in [2.75, 3.05) is 0 Å². The van der Waals surface area contributed by atoms with Crippen LogP contribution >= 0.6 is 0 Å². The molecule has 0 aliphatic heterocycles. The molecule has 2 N–H and O–H groups in total. The fourth-order valence-corrected chi connectivity index (χ4v) is 2.83. The van der Waals surface area contributed by atoms with Gasteiger partial charge in [0, 0.05) is 5.41 Å². The van der Waals surface area contributed by atoms with Gasteiger partial charge in [-0.2, -0.15) is 0 Å². The SMILES string of the molecule is CCC1([C@H](NC(=O)OC(C)(C)C)C(=O)O)CCCC1. The number of hydrogen-bond donors (Lipinski definition) is 2. The van der Waals surface area contributed by atoms with Crippen molar-refractivity contribution in [3.63, 3.8) is 0 Å². The minimum atomic E-state index is -0.977. The van der Waals surface area contributed by atoms with E-state index in [1.807, 2.05) is 6.92 Å². The number of amides is 1. The number of ether oxygens (including phenoxy) is 1. The molecule has 1 rings (SSSR count). The monoisotopic (exact) mass is 271 g/mol. The van der Waals surface area contributed by atoms with Crippen LogP contribution in [0.2, 0.25) is 0 Å². The van der Waals surface area contributed by atoms with E-state index in [1.54, 1.807) is 20.8 Å². The van der Waals surface area contributed by atoms with Crippen LogP contribution in [0.3, 0.4) is 0 Å². The molecule has 0 aromatic carbocycles. The van der Waals surface area contributed by atoms with Gasteiger partial charge in [-0.3, -0.25) is 0 Å². The maximum Gasteiger partial charge on any atom is 0.408 e. The zero-order valence-electron chi connectivity index (χ0n) is 12.3. The Bertz CT molecular complexity index is 340. The summed E-state index contributed by atoms with van der Waals surface area (Å²) in [6.45, 7) is 7.26. The molecule has 1 fully saturated rings. The van der Waals surface area contributed by atoms with E-state index in [0.717, 1.165) is 32.1 Å². The van der Waals surface area contributed by atoms with E-state index in [2.05, 4.69) is 5.32 Å². The Balaban J connectivity index is 2.78. The second-order valence-electron chi connectivity index (χ2n) is 6.34. The molecule has 1 amide bonds. The van der Waals surface area contributed by atoms with Gasteiger partial charge in [-0.1, -0.05) is 19.8 Å². The summed E-state index contributed by atoms with van der Waals surface area (Å²) in [5, 5.41) is 12.0. The number of carboxylic acid groups (broad SMARTS) is 1. The predicted octanol–water partition coefficient (Wildman–Crippen LogP) is 2.93. The first-order valence-corrected chi connectivity index (χ1v) is 6.92. The maximum atomic E-state index is 11.8. The highest BCUT2D eigenvalue weighted by atomic mass is 16.6. The van der Waals surface area contributed by atoms with Gasteiger partial charge in [-0.05, 0) is 40.0 Å². The number of aliphatic carboxylic acids is 1. The van der Waals surface area contributed by atoms with Crippen molar-refractivity contribution in [1.82, 2.24) is 5.32 Å². The lowest BCUT2D eigenvalue weighted by atomic mass is 9.76. The summed E-state index contributed by atoms with van der Waals surface area (Å²) in [7, 11) is 0. The summed E-state index contributed by atoms with van der Waals surface area (Å²) in [5.41, 5.74) is -0.953. The summed E-state index contributed by atoms with van der Waals surface area (Å²) in [5.74, 6) is -0.977. The number of alkyl carbamates (subject to hydrolysis) is 1. The quantitative estimate of drug-likeness (QED) is 0.824. The van der Waals surface area contributed by atoms with Crippen LogP contribution in [0.1, 0.15) is 59.8 Å². The van der Waals surface area contributed by atoms with Crippen molar-refractivity contribution >= 4 is 12.1 Å². The third-order valence-corrected chi connectivity index (χ3v) is 3.82. The van der Waals surface area contributed by atoms with E-state index in [4.69, 9.17) is 4.74 Å². The van der Waals surface area contributed by atoms with Crippen molar-refractivity contribution in [2.24, 2.45) is 5.41 Å². The predicted molar refractivity (Wildman–Crippen MR) is 72.0 cm³/mol. The number of nitrogens with one attached hydrogen (secondary N) is 1. The van der Waals surface area contributed by atoms with Gasteiger partial charge < -0.3 is 15.2 Å². The second-order valence-corrected chi connectivity index (χ2v) is 6.34. The number of rotatable bonds is 4. The number of carbonyl (C=O) groups excluding carboxylic acids is 1. The van der Waals surface area contributed by atoms with Gasteiger partial charge in [0.1, 0.15) is 11.6 Å². The van der Waals surface area contributed by atoms with Crippen molar-refractivity contribution in [3.8, 4) is 0 Å². The van der Waals surface area contributed by atoms with Gasteiger partial charge in [0.15, 0.2) is 0 Å². The molecule has 5 heteroatoms. The maximum absolute atomic E-state index is 11.8. The van der Waals surface area contributed by atoms with E-state index in [0.29, 0.717) is 0 Å². The first kappa shape index (κ1) is 15.8. The number of hydrogen-bond acceptors (Lipinski definition) is 3. The van der Waals surface area contributed by atoms with Gasteiger partial charge in [0.05, 0.1) is 0 Å². The van der Waals surface area contributed by atoms with Gasteiger partial charge in [0.2, 0.25) is 0 Å². The molecular formula is C14H25NO4. The normalized spacial score (nSPS) is 19.8. The van der Waals surface area contributed by atoms with E-state index >= 15 is 0 Å². The molecule has 19 heavy (non-hydrogen) atoms. The van der Waals surface area contributed by atoms with E-state index in [9.17, 15) is 14.7 Å². The molecule has 1 aliphatic rings. The highest BCUT2D eigenvalue weighted by Gasteiger charge is 2.45. The fraction of sp³-hybridized carbons (Fsp3) is 0.857. The average molecular weight is 271 g/mol. The minimum absolute atomic E-state index is 0.331. The summed E-state index contributed by atoms with van der Waals surface area (Å²) < 4.78 is 5.15. The molecule has 0 aromatic heterocycles. The van der Waals surface area contributed by atoms with Crippen LogP contribution < -0.4 is 5.32 Å². The molecule has 0 bridgehead atoms. The summed E-state index contributed by atoms with van der Waals surface area (Å²) in [6.07, 6.45) is 3.83. The van der Waals surface area contributed by atoms with Crippen LogP contribution in [0, 0.1) is 5.41 Å². The van der Waals surface area contributed by atoms with E-state index in [1.165, 1.54) is 0 Å². The molecule has 0 unspecified atom stereocenters. The van der Waals surface area contributed by atoms with Crippen molar-refractivity contribution in [2.45, 2.75) is 71.4 Å². The lowest BCUT2D eigenvalue weighted by Gasteiger charge is -2.34. The molecule has 5 nitrogen and oxygen atoms in total. The first-order valence-electron chi connectivity index (χ1n) is 6.92. The number of carboxylic acids is 1. The topological polar surface area (TPSA) is 75.6 Å². The van der Waals surface area contributed by atoms with Gasteiger partial charge in [0.25, 0.3) is 0 Å². The first-order chi connectivity index (χ1) is 8.70. The third-order valence-electron chi connectivity index (χ3n) is 3.82. The lowest BCUT2D eigenvalue weighted by Crippen LogP contribution is -2.52. The third kappa shape index (κ3) is 4.11. The second kappa shape index (κ2) is 5.80. The van der Waals surface area contributed by atoms with E-state index < -0.39 is 23.7 Å². The Morgan fingerprint density at radius 1 is 1.32 bits per heavy atom. The lowest BCUT2D eigenvalue weighted by molar-refractivity contribution is -0.143. The summed E-state index contributed by atoms with van der Waals surface area (Å²) >= 11 is 0. The molecule has 1 atom stereocenters. The van der Waals surface area contributed by atoms with Crippen molar-refractivity contribution < 1.29 is 19.4 Å². The molecule has 0 radical (unpaired) electrons. The minimum Gasteiger partial charge on any atom is -0.480 e. The van der Waals surface area contributed by atoms with Crippen LogP contribution in [0.15, 0.2) is 0 Å². The molecular weight excluding hydrogens is 246 g/mol. The Kier molecular flexibility index (Phi) is 4.82. The molecule has 1 aliphatic carbocycles. The number of carbonyl (C=O) groups is 2. The zero-order valence-corrected chi connectivity index (χ0v) is 12.3. The van der Waals surface area contributed by atoms with Crippen LogP contribution in [0.5, 0.6) is 0 Å². The van der Waals surface area contributed by atoms with Gasteiger partial charge >= 0.3 is 12.1 Å². The standard InChI is InChI=1S/C14H25NO4/c1-5-14(8-6-7-9-14)10(11(16)17)15-12(18)19-13(2,3)4/h10H,5-9H2,1-4H3,(H,15,18)(H,16,17)/t10-/m1/s1. The molecule has 0 aromatic rings. The zero-order chi connectivity index (χ0) is 14.7. The Morgan fingerprint density at radius 2 is 1.84 bits per heavy atom. The van der Waals surface area contributed by atoms with Crippen molar-refractivity contribution in [1.29, 1.82) is 0 Å². The van der Waals surface area contributed by atoms with Crippen molar-refractivity contribution in [3.05, 3.63) is 0 Å². The van der Waals surface area contributed by atoms with E-state index in [-0.39, 0.29) is 5.41 Å². The molecule has 0 saturated heterocycles.